The molecule has 0 spiro atoms. The lowest BCUT2D eigenvalue weighted by molar-refractivity contribution is 0.175. The Bertz CT molecular complexity index is 394. The van der Waals surface area contributed by atoms with E-state index in [2.05, 4.69) is 40.8 Å². The number of rotatable bonds is 2. The van der Waals surface area contributed by atoms with Gasteiger partial charge in [-0.3, -0.25) is 4.98 Å². The van der Waals surface area contributed by atoms with E-state index in [-0.39, 0.29) is 5.54 Å². The van der Waals surface area contributed by atoms with E-state index >= 15 is 0 Å². The topological polar surface area (TPSA) is 38.9 Å². The van der Waals surface area contributed by atoms with Gasteiger partial charge in [0, 0.05) is 22.4 Å². The largest absolute Gasteiger partial charge is 0.325 e. The fraction of sp³-hybridized carbons (Fsp3) is 0.643. The van der Waals surface area contributed by atoms with E-state index in [0.717, 1.165) is 35.6 Å². The minimum Gasteiger partial charge on any atom is -0.325 e. The first-order valence-corrected chi connectivity index (χ1v) is 7.16. The van der Waals surface area contributed by atoms with Crippen molar-refractivity contribution >= 4 is 15.9 Å². The fourth-order valence-corrected chi connectivity index (χ4v) is 3.28. The van der Waals surface area contributed by atoms with Crippen molar-refractivity contribution in [1.29, 1.82) is 0 Å². The Labute approximate surface area is 112 Å². The van der Waals surface area contributed by atoms with Gasteiger partial charge in [-0.15, -0.1) is 0 Å². The van der Waals surface area contributed by atoms with Crippen LogP contribution in [-0.2, 0) is 6.42 Å². The van der Waals surface area contributed by atoms with Crippen LogP contribution >= 0.6 is 15.9 Å². The molecule has 1 heterocycles. The van der Waals surface area contributed by atoms with E-state index in [0.29, 0.717) is 0 Å². The fourth-order valence-electron chi connectivity index (χ4n) is 2.86. The molecule has 1 aliphatic carbocycles. The molecule has 0 bridgehead atoms. The highest BCUT2D eigenvalue weighted by Crippen LogP contribution is 2.36. The quantitative estimate of drug-likeness (QED) is 0.907. The monoisotopic (exact) mass is 296 g/mol. The van der Waals surface area contributed by atoms with Crippen LogP contribution < -0.4 is 5.73 Å². The van der Waals surface area contributed by atoms with Crippen molar-refractivity contribution < 1.29 is 0 Å². The van der Waals surface area contributed by atoms with Gasteiger partial charge >= 0.3 is 0 Å². The predicted octanol–water partition coefficient (Wildman–Crippen LogP) is 3.54. The highest BCUT2D eigenvalue weighted by molar-refractivity contribution is 9.10. The molecular formula is C14H21BrN2. The minimum atomic E-state index is -0.0333. The van der Waals surface area contributed by atoms with Crippen molar-refractivity contribution in [3.8, 4) is 0 Å². The SMILES string of the molecule is CC1CCC(N)(Cc2cncc(Br)c2)CC1C. The van der Waals surface area contributed by atoms with Gasteiger partial charge in [-0.25, -0.2) is 0 Å². The number of hydrogen-bond donors (Lipinski definition) is 1. The second kappa shape index (κ2) is 5.07. The first kappa shape index (κ1) is 13.0. The molecule has 0 radical (unpaired) electrons. The zero-order chi connectivity index (χ0) is 12.5. The molecular weight excluding hydrogens is 276 g/mol. The molecule has 17 heavy (non-hydrogen) atoms. The van der Waals surface area contributed by atoms with Crippen LogP contribution in [0, 0.1) is 11.8 Å². The first-order chi connectivity index (χ1) is 7.98. The minimum absolute atomic E-state index is 0.0333. The molecule has 3 atom stereocenters. The number of nitrogens with two attached hydrogens (primary N) is 1. The Hall–Kier alpha value is -0.410. The Kier molecular flexibility index (Phi) is 3.88. The summed E-state index contributed by atoms with van der Waals surface area (Å²) in [6.07, 6.45) is 8.20. The third kappa shape index (κ3) is 3.29. The summed E-state index contributed by atoms with van der Waals surface area (Å²) in [5.74, 6) is 1.54. The number of halogens is 1. The van der Waals surface area contributed by atoms with Crippen molar-refractivity contribution in [2.45, 2.75) is 45.1 Å². The summed E-state index contributed by atoms with van der Waals surface area (Å²) >= 11 is 3.46. The molecule has 0 amide bonds. The molecule has 3 unspecified atom stereocenters. The molecule has 1 saturated carbocycles. The lowest BCUT2D eigenvalue weighted by Gasteiger charge is -2.40. The molecule has 0 saturated heterocycles. The molecule has 1 aromatic heterocycles. The van der Waals surface area contributed by atoms with Crippen LogP contribution in [0.4, 0.5) is 0 Å². The summed E-state index contributed by atoms with van der Waals surface area (Å²) in [6.45, 7) is 4.66. The van der Waals surface area contributed by atoms with Gasteiger partial charge in [0.05, 0.1) is 0 Å². The zero-order valence-corrected chi connectivity index (χ0v) is 12.2. The van der Waals surface area contributed by atoms with Crippen LogP contribution in [0.5, 0.6) is 0 Å². The normalized spacial score (nSPS) is 33.6. The van der Waals surface area contributed by atoms with Crippen LogP contribution in [0.1, 0.15) is 38.7 Å². The smallest absolute Gasteiger partial charge is 0.0410 e. The summed E-state index contributed by atoms with van der Waals surface area (Å²) in [4.78, 5) is 4.21. The third-order valence-corrected chi connectivity index (χ3v) is 4.55. The van der Waals surface area contributed by atoms with E-state index in [1.54, 1.807) is 0 Å². The van der Waals surface area contributed by atoms with Crippen molar-refractivity contribution in [2.24, 2.45) is 17.6 Å². The van der Waals surface area contributed by atoms with Gasteiger partial charge in [0.1, 0.15) is 0 Å². The van der Waals surface area contributed by atoms with E-state index in [1.807, 2.05) is 12.4 Å². The average molecular weight is 297 g/mol. The molecule has 2 nitrogen and oxygen atoms in total. The Morgan fingerprint density at radius 1 is 1.41 bits per heavy atom. The maximum Gasteiger partial charge on any atom is 0.0410 e. The van der Waals surface area contributed by atoms with Gasteiger partial charge in [-0.05, 0) is 65.1 Å². The molecule has 0 aliphatic heterocycles. The number of aromatic nitrogens is 1. The summed E-state index contributed by atoms with van der Waals surface area (Å²) < 4.78 is 1.04. The van der Waals surface area contributed by atoms with Crippen molar-refractivity contribution in [1.82, 2.24) is 4.98 Å². The lowest BCUT2D eigenvalue weighted by atomic mass is 9.69. The van der Waals surface area contributed by atoms with Crippen LogP contribution in [0.25, 0.3) is 0 Å². The maximum absolute atomic E-state index is 6.55. The summed E-state index contributed by atoms with van der Waals surface area (Å²) in [5, 5.41) is 0. The molecule has 1 aromatic rings. The lowest BCUT2D eigenvalue weighted by Crippen LogP contribution is -2.47. The van der Waals surface area contributed by atoms with Gasteiger partial charge in [0.2, 0.25) is 0 Å². The van der Waals surface area contributed by atoms with E-state index in [4.69, 9.17) is 5.73 Å². The third-order valence-electron chi connectivity index (χ3n) is 4.12. The van der Waals surface area contributed by atoms with Gasteiger partial charge in [0.25, 0.3) is 0 Å². The molecule has 1 aliphatic rings. The van der Waals surface area contributed by atoms with Crippen LogP contribution in [0.15, 0.2) is 22.9 Å². The first-order valence-electron chi connectivity index (χ1n) is 6.37. The number of hydrogen-bond acceptors (Lipinski definition) is 2. The second-order valence-corrected chi connectivity index (χ2v) is 6.66. The zero-order valence-electron chi connectivity index (χ0n) is 10.6. The number of pyridine rings is 1. The summed E-state index contributed by atoms with van der Waals surface area (Å²) in [5.41, 5.74) is 7.76. The summed E-state index contributed by atoms with van der Waals surface area (Å²) in [6, 6.07) is 2.13. The average Bonchev–Trinajstić information content (AvgIpc) is 2.24. The van der Waals surface area contributed by atoms with Gasteiger partial charge in [-0.2, -0.15) is 0 Å². The van der Waals surface area contributed by atoms with Crippen LogP contribution in [0.3, 0.4) is 0 Å². The molecule has 94 valence electrons. The second-order valence-electron chi connectivity index (χ2n) is 5.75. The Balaban J connectivity index is 2.07. The highest BCUT2D eigenvalue weighted by atomic mass is 79.9. The van der Waals surface area contributed by atoms with Crippen LogP contribution in [0.2, 0.25) is 0 Å². The van der Waals surface area contributed by atoms with Gasteiger partial charge in [-0.1, -0.05) is 13.8 Å². The van der Waals surface area contributed by atoms with Gasteiger partial charge in [0.15, 0.2) is 0 Å². The number of nitrogens with zero attached hydrogens (tertiary/aromatic N) is 1. The van der Waals surface area contributed by atoms with Crippen molar-refractivity contribution in [3.05, 3.63) is 28.5 Å². The Morgan fingerprint density at radius 2 is 2.18 bits per heavy atom. The van der Waals surface area contributed by atoms with Crippen molar-refractivity contribution in [3.63, 3.8) is 0 Å². The summed E-state index contributed by atoms with van der Waals surface area (Å²) in [7, 11) is 0. The molecule has 1 fully saturated rings. The molecule has 2 N–H and O–H groups in total. The highest BCUT2D eigenvalue weighted by Gasteiger charge is 2.34. The van der Waals surface area contributed by atoms with E-state index in [9.17, 15) is 0 Å². The van der Waals surface area contributed by atoms with Crippen LogP contribution in [-0.4, -0.2) is 10.5 Å². The standard InChI is InChI=1S/C14H21BrN2/c1-10-3-4-14(16,6-11(10)2)7-12-5-13(15)9-17-8-12/h5,8-11H,3-4,6-7,16H2,1-2H3. The molecule has 0 aromatic carbocycles. The van der Waals surface area contributed by atoms with Crippen molar-refractivity contribution in [2.75, 3.05) is 0 Å². The molecule has 2 rings (SSSR count). The van der Waals surface area contributed by atoms with E-state index in [1.165, 1.54) is 12.0 Å². The predicted molar refractivity (Wildman–Crippen MR) is 74.7 cm³/mol. The Morgan fingerprint density at radius 3 is 2.82 bits per heavy atom. The van der Waals surface area contributed by atoms with E-state index < -0.39 is 0 Å². The molecule has 3 heteroatoms. The maximum atomic E-state index is 6.55. The van der Waals surface area contributed by atoms with Gasteiger partial charge < -0.3 is 5.73 Å².